The summed E-state index contributed by atoms with van der Waals surface area (Å²) in [6.07, 6.45) is 3.86. The van der Waals surface area contributed by atoms with E-state index < -0.39 is 0 Å². The van der Waals surface area contributed by atoms with Crippen LogP contribution in [-0.4, -0.2) is 34.3 Å². The van der Waals surface area contributed by atoms with Gasteiger partial charge < -0.3 is 10.6 Å². The highest BCUT2D eigenvalue weighted by Gasteiger charge is 2.28. The van der Waals surface area contributed by atoms with E-state index in [9.17, 15) is 4.79 Å². The van der Waals surface area contributed by atoms with E-state index in [0.29, 0.717) is 0 Å². The summed E-state index contributed by atoms with van der Waals surface area (Å²) in [5.41, 5.74) is 7.66. The number of carbonyl (C=O) groups is 1. The Hall–Kier alpha value is -1.79. The molecule has 2 heterocycles. The molecule has 0 spiro atoms. The normalized spacial score (nSPS) is 21.4. The Balaban J connectivity index is 1.85. The van der Waals surface area contributed by atoms with Gasteiger partial charge in [-0.1, -0.05) is 30.0 Å². The summed E-state index contributed by atoms with van der Waals surface area (Å²) in [5, 5.41) is 1.01. The van der Waals surface area contributed by atoms with Crippen molar-refractivity contribution in [3.8, 4) is 0 Å². The van der Waals surface area contributed by atoms with Crippen molar-refractivity contribution in [3.63, 3.8) is 0 Å². The minimum absolute atomic E-state index is 0.00202. The van der Waals surface area contributed by atoms with Gasteiger partial charge in [-0.25, -0.2) is 4.98 Å². The zero-order chi connectivity index (χ0) is 16.2. The summed E-state index contributed by atoms with van der Waals surface area (Å²) in [5.74, 6) is 0.666. The van der Waals surface area contributed by atoms with Gasteiger partial charge in [-0.3, -0.25) is 9.36 Å². The zero-order valence-electron chi connectivity index (χ0n) is 13.2. The fraction of sp³-hybridized carbons (Fsp3) is 0.412. The number of quaternary nitrogens is 1. The molecule has 1 aromatic carbocycles. The molecule has 3 N–H and O–H groups in total. The number of hydrogen-bond donors (Lipinski definition) is 2. The lowest BCUT2D eigenvalue weighted by molar-refractivity contribution is -0.930. The average molecular weight is 331 g/mol. The number of nitrogens with two attached hydrogens (primary N) is 1. The molecule has 2 atom stereocenters. The van der Waals surface area contributed by atoms with Crippen LogP contribution in [0.15, 0.2) is 42.1 Å². The van der Waals surface area contributed by atoms with Crippen LogP contribution >= 0.6 is 11.8 Å². The van der Waals surface area contributed by atoms with Crippen LogP contribution in [0.2, 0.25) is 0 Å². The van der Waals surface area contributed by atoms with Crippen LogP contribution < -0.4 is 10.6 Å². The minimum Gasteiger partial charge on any atom is -0.369 e. The molecule has 1 fully saturated rings. The van der Waals surface area contributed by atoms with Crippen molar-refractivity contribution >= 4 is 28.7 Å². The first kappa shape index (κ1) is 16.1. The monoisotopic (exact) mass is 331 g/mol. The summed E-state index contributed by atoms with van der Waals surface area (Å²) in [6, 6.07) is 8.20. The number of rotatable bonds is 6. The molecule has 5 nitrogen and oxygen atoms in total. The van der Waals surface area contributed by atoms with Gasteiger partial charge in [0.2, 0.25) is 5.91 Å². The summed E-state index contributed by atoms with van der Waals surface area (Å²) in [6.45, 7) is 6.50. The predicted octanol–water partition coefficient (Wildman–Crippen LogP) is 1.05. The third-order valence-electron chi connectivity index (χ3n) is 4.35. The van der Waals surface area contributed by atoms with Crippen LogP contribution in [0, 0.1) is 5.92 Å². The maximum absolute atomic E-state index is 11.5. The first-order valence-electron chi connectivity index (χ1n) is 8.01. The zero-order valence-corrected chi connectivity index (χ0v) is 14.0. The molecule has 1 aliphatic heterocycles. The van der Waals surface area contributed by atoms with Gasteiger partial charge in [-0.2, -0.15) is 0 Å². The number of piperidine rings is 1. The van der Waals surface area contributed by atoms with E-state index in [1.165, 1.54) is 4.90 Å². The standard InChI is InChI=1S/C17H22N4OS/c1-2-10-23-17-19-14-7-3-4-8-15(14)21(17)12-20-9-5-6-13(11-20)16(18)22/h2-4,7-8,13H,1,5-6,9-12H2,(H2,18,22)/p+1/t13-/m0/s1. The van der Waals surface area contributed by atoms with Crippen LogP contribution in [0.5, 0.6) is 0 Å². The number of likely N-dealkylation sites (tertiary alicyclic amines) is 1. The highest BCUT2D eigenvalue weighted by molar-refractivity contribution is 7.99. The highest BCUT2D eigenvalue weighted by atomic mass is 32.2. The average Bonchev–Trinajstić information content (AvgIpc) is 2.91. The SMILES string of the molecule is C=CCSc1nc2ccccc2n1C[NH+]1CCC[C@H](C(N)=O)C1. The third-order valence-corrected chi connectivity index (χ3v) is 5.32. The smallest absolute Gasteiger partial charge is 0.226 e. The van der Waals surface area contributed by atoms with Crippen molar-refractivity contribution in [2.75, 3.05) is 18.8 Å². The second-order valence-corrected chi connectivity index (χ2v) is 7.00. The lowest BCUT2D eigenvalue weighted by Gasteiger charge is -2.28. The summed E-state index contributed by atoms with van der Waals surface area (Å²) < 4.78 is 2.27. The maximum Gasteiger partial charge on any atom is 0.226 e. The van der Waals surface area contributed by atoms with Crippen molar-refractivity contribution in [1.82, 2.24) is 9.55 Å². The number of primary amides is 1. The van der Waals surface area contributed by atoms with Crippen molar-refractivity contribution in [2.24, 2.45) is 11.7 Å². The summed E-state index contributed by atoms with van der Waals surface area (Å²) in [4.78, 5) is 17.6. The van der Waals surface area contributed by atoms with Crippen molar-refractivity contribution in [1.29, 1.82) is 0 Å². The first-order valence-corrected chi connectivity index (χ1v) is 8.99. The second-order valence-electron chi connectivity index (χ2n) is 6.01. The largest absolute Gasteiger partial charge is 0.369 e. The van der Waals surface area contributed by atoms with Crippen molar-refractivity contribution in [3.05, 3.63) is 36.9 Å². The first-order chi connectivity index (χ1) is 11.2. The number of aromatic nitrogens is 2. The fourth-order valence-electron chi connectivity index (χ4n) is 3.21. The Labute approximate surface area is 140 Å². The second kappa shape index (κ2) is 7.19. The molecule has 1 aromatic heterocycles. The molecule has 1 aliphatic rings. The number of imidazole rings is 1. The number of carbonyl (C=O) groups excluding carboxylic acids is 1. The Morgan fingerprint density at radius 2 is 2.35 bits per heavy atom. The number of amides is 1. The molecule has 0 aliphatic carbocycles. The van der Waals surface area contributed by atoms with Gasteiger partial charge >= 0.3 is 0 Å². The molecule has 0 bridgehead atoms. The van der Waals surface area contributed by atoms with E-state index >= 15 is 0 Å². The Morgan fingerprint density at radius 1 is 1.52 bits per heavy atom. The summed E-state index contributed by atoms with van der Waals surface area (Å²) in [7, 11) is 0. The topological polar surface area (TPSA) is 65.3 Å². The van der Waals surface area contributed by atoms with Crippen LogP contribution in [0.1, 0.15) is 12.8 Å². The number of hydrogen-bond acceptors (Lipinski definition) is 3. The van der Waals surface area contributed by atoms with Gasteiger partial charge in [-0.05, 0) is 25.0 Å². The molecular weight excluding hydrogens is 308 g/mol. The Kier molecular flexibility index (Phi) is 5.03. The Morgan fingerprint density at radius 3 is 3.13 bits per heavy atom. The number of nitrogens with one attached hydrogen (secondary N) is 1. The molecule has 23 heavy (non-hydrogen) atoms. The van der Waals surface area contributed by atoms with Crippen LogP contribution in [0.4, 0.5) is 0 Å². The van der Waals surface area contributed by atoms with Crippen LogP contribution in [-0.2, 0) is 11.5 Å². The number of nitrogens with zero attached hydrogens (tertiary/aromatic N) is 2. The molecular formula is C17H23N4OS+. The predicted molar refractivity (Wildman–Crippen MR) is 93.3 cm³/mol. The Bertz CT molecular complexity index is 712. The number of thioether (sulfide) groups is 1. The quantitative estimate of drug-likeness (QED) is 0.614. The van der Waals surface area contributed by atoms with E-state index in [1.807, 2.05) is 24.3 Å². The molecule has 6 heteroatoms. The van der Waals surface area contributed by atoms with Gasteiger partial charge in [0.15, 0.2) is 11.8 Å². The van der Waals surface area contributed by atoms with Crippen molar-refractivity contribution in [2.45, 2.75) is 24.7 Å². The van der Waals surface area contributed by atoms with E-state index in [-0.39, 0.29) is 11.8 Å². The molecule has 1 saturated heterocycles. The molecule has 3 rings (SSSR count). The summed E-state index contributed by atoms with van der Waals surface area (Å²) >= 11 is 1.70. The van der Waals surface area contributed by atoms with Gasteiger partial charge in [0.25, 0.3) is 0 Å². The van der Waals surface area contributed by atoms with Gasteiger partial charge in [-0.15, -0.1) is 6.58 Å². The van der Waals surface area contributed by atoms with Gasteiger partial charge in [0.05, 0.1) is 30.0 Å². The number of para-hydroxylation sites is 2. The molecule has 0 radical (unpaired) electrons. The lowest BCUT2D eigenvalue weighted by atomic mass is 9.98. The molecule has 1 amide bonds. The molecule has 122 valence electrons. The number of benzene rings is 1. The van der Waals surface area contributed by atoms with Crippen LogP contribution in [0.3, 0.4) is 0 Å². The van der Waals surface area contributed by atoms with E-state index in [1.54, 1.807) is 11.8 Å². The van der Waals surface area contributed by atoms with E-state index in [0.717, 1.165) is 54.5 Å². The lowest BCUT2D eigenvalue weighted by Crippen LogP contribution is -3.13. The van der Waals surface area contributed by atoms with Crippen LogP contribution in [0.25, 0.3) is 11.0 Å². The minimum atomic E-state index is -0.168. The van der Waals surface area contributed by atoms with Crippen molar-refractivity contribution < 1.29 is 9.69 Å². The van der Waals surface area contributed by atoms with E-state index in [4.69, 9.17) is 10.7 Å². The third kappa shape index (κ3) is 3.59. The fourth-order valence-corrected chi connectivity index (χ4v) is 3.96. The highest BCUT2D eigenvalue weighted by Crippen LogP contribution is 2.23. The molecule has 0 saturated carbocycles. The van der Waals surface area contributed by atoms with Gasteiger partial charge in [0, 0.05) is 5.75 Å². The maximum atomic E-state index is 11.5. The molecule has 2 aromatic rings. The molecule has 1 unspecified atom stereocenters. The van der Waals surface area contributed by atoms with Gasteiger partial charge in [0.1, 0.15) is 0 Å². The number of fused-ring (bicyclic) bond motifs is 1. The van der Waals surface area contributed by atoms with E-state index in [2.05, 4.69) is 17.2 Å².